The number of aryl methyl sites for hydroxylation is 1. The number of rotatable bonds is 3. The molecule has 0 aliphatic rings. The molecule has 1 aromatic carbocycles. The molecule has 0 saturated carbocycles. The number of hydrogen-bond donors (Lipinski definition) is 0. The molecule has 94 valence electrons. The summed E-state index contributed by atoms with van der Waals surface area (Å²) in [5, 5.41) is 2.63. The second-order valence-corrected chi connectivity index (χ2v) is 4.70. The van der Waals surface area contributed by atoms with E-state index >= 15 is 0 Å². The summed E-state index contributed by atoms with van der Waals surface area (Å²) in [6, 6.07) is 7.04. The van der Waals surface area contributed by atoms with Crippen molar-refractivity contribution in [3.63, 3.8) is 0 Å². The molecule has 0 atom stereocenters. The largest absolute Gasteiger partial charge is 0.497 e. The molecule has 2 rings (SSSR count). The molecular weight excluding hydrogens is 248 g/mol. The highest BCUT2D eigenvalue weighted by atomic mass is 32.1. The number of carbonyl (C=O) groups is 1. The van der Waals surface area contributed by atoms with Crippen LogP contribution in [0.15, 0.2) is 29.6 Å². The average molecular weight is 262 g/mol. The van der Waals surface area contributed by atoms with Gasteiger partial charge in [-0.05, 0) is 31.2 Å². The van der Waals surface area contributed by atoms with Gasteiger partial charge in [-0.2, -0.15) is 0 Å². The van der Waals surface area contributed by atoms with E-state index in [1.807, 2.05) is 12.3 Å². The minimum Gasteiger partial charge on any atom is -0.497 e. The van der Waals surface area contributed by atoms with Gasteiger partial charge in [0.05, 0.1) is 12.8 Å². The van der Waals surface area contributed by atoms with Crippen molar-refractivity contribution >= 4 is 22.4 Å². The number of hydrogen-bond acceptors (Lipinski definition) is 4. The summed E-state index contributed by atoms with van der Waals surface area (Å²) in [5.74, 6) is 0.659. The lowest BCUT2D eigenvalue weighted by atomic mass is 10.2. The van der Waals surface area contributed by atoms with Gasteiger partial charge in [-0.25, -0.2) is 4.98 Å². The normalized spacial score (nSPS) is 10.2. The van der Waals surface area contributed by atoms with E-state index in [9.17, 15) is 4.79 Å². The molecule has 18 heavy (non-hydrogen) atoms. The smallest absolute Gasteiger partial charge is 0.259 e. The van der Waals surface area contributed by atoms with Gasteiger partial charge in [-0.1, -0.05) is 0 Å². The monoisotopic (exact) mass is 262 g/mol. The van der Waals surface area contributed by atoms with Crippen LogP contribution >= 0.6 is 11.3 Å². The van der Waals surface area contributed by atoms with Crippen LogP contribution in [0.1, 0.15) is 16.1 Å². The Labute approximate surface area is 110 Å². The number of amides is 1. The van der Waals surface area contributed by atoms with E-state index in [1.54, 1.807) is 43.3 Å². The standard InChI is InChI=1S/C13H14N2O2S/c1-9-8-18-13(14-9)15(2)12(16)10-4-6-11(17-3)7-5-10/h4-8H,1-3H3. The van der Waals surface area contributed by atoms with Gasteiger partial charge in [-0.3, -0.25) is 9.69 Å². The molecule has 1 heterocycles. The molecule has 0 N–H and O–H groups in total. The van der Waals surface area contributed by atoms with E-state index in [4.69, 9.17) is 4.74 Å². The summed E-state index contributed by atoms with van der Waals surface area (Å²) in [6.07, 6.45) is 0. The maximum absolute atomic E-state index is 12.2. The average Bonchev–Trinajstić information content (AvgIpc) is 2.84. The van der Waals surface area contributed by atoms with Crippen molar-refractivity contribution in [3.8, 4) is 5.75 Å². The lowest BCUT2D eigenvalue weighted by molar-refractivity contribution is 0.0993. The summed E-state index contributed by atoms with van der Waals surface area (Å²) in [5.41, 5.74) is 1.54. The van der Waals surface area contributed by atoms with Crippen LogP contribution < -0.4 is 9.64 Å². The highest BCUT2D eigenvalue weighted by Crippen LogP contribution is 2.21. The van der Waals surface area contributed by atoms with Gasteiger partial charge in [0.15, 0.2) is 5.13 Å². The van der Waals surface area contributed by atoms with Crippen molar-refractivity contribution in [1.82, 2.24) is 4.98 Å². The van der Waals surface area contributed by atoms with Crippen molar-refractivity contribution in [3.05, 3.63) is 40.9 Å². The Morgan fingerprint density at radius 3 is 2.50 bits per heavy atom. The number of anilines is 1. The highest BCUT2D eigenvalue weighted by molar-refractivity contribution is 7.14. The fourth-order valence-corrected chi connectivity index (χ4v) is 2.28. The van der Waals surface area contributed by atoms with Crippen molar-refractivity contribution in [2.45, 2.75) is 6.92 Å². The van der Waals surface area contributed by atoms with Crippen molar-refractivity contribution < 1.29 is 9.53 Å². The minimum absolute atomic E-state index is 0.0768. The molecule has 0 saturated heterocycles. The van der Waals surface area contributed by atoms with Crippen molar-refractivity contribution in [2.24, 2.45) is 0 Å². The van der Waals surface area contributed by atoms with E-state index in [2.05, 4.69) is 4.98 Å². The van der Waals surface area contributed by atoms with E-state index in [0.717, 1.165) is 11.4 Å². The first kappa shape index (κ1) is 12.6. The molecule has 0 aliphatic heterocycles. The Bertz CT molecular complexity index is 548. The first-order valence-electron chi connectivity index (χ1n) is 5.46. The van der Waals surface area contributed by atoms with E-state index in [1.165, 1.54) is 11.3 Å². The summed E-state index contributed by atoms with van der Waals surface area (Å²) in [4.78, 5) is 18.1. The third-order valence-corrected chi connectivity index (χ3v) is 3.57. The van der Waals surface area contributed by atoms with Crippen LogP contribution in [0.2, 0.25) is 0 Å². The van der Waals surface area contributed by atoms with Gasteiger partial charge < -0.3 is 4.74 Å². The van der Waals surface area contributed by atoms with Crippen LogP contribution in [0, 0.1) is 6.92 Å². The first-order valence-corrected chi connectivity index (χ1v) is 6.34. The summed E-state index contributed by atoms with van der Waals surface area (Å²) >= 11 is 1.46. The van der Waals surface area contributed by atoms with Crippen LogP contribution in [0.3, 0.4) is 0 Å². The Kier molecular flexibility index (Phi) is 3.62. The number of ether oxygens (including phenoxy) is 1. The molecule has 5 heteroatoms. The van der Waals surface area contributed by atoms with E-state index < -0.39 is 0 Å². The van der Waals surface area contributed by atoms with Gasteiger partial charge >= 0.3 is 0 Å². The summed E-state index contributed by atoms with van der Waals surface area (Å²) < 4.78 is 5.06. The molecule has 0 spiro atoms. The molecule has 0 unspecified atom stereocenters. The van der Waals surface area contributed by atoms with Crippen molar-refractivity contribution in [1.29, 1.82) is 0 Å². The molecule has 4 nitrogen and oxygen atoms in total. The van der Waals surface area contributed by atoms with Crippen LogP contribution in [-0.4, -0.2) is 25.0 Å². The number of benzene rings is 1. The highest BCUT2D eigenvalue weighted by Gasteiger charge is 2.15. The number of aromatic nitrogens is 1. The SMILES string of the molecule is COc1ccc(C(=O)N(C)c2nc(C)cs2)cc1. The van der Waals surface area contributed by atoms with Crippen LogP contribution in [0.25, 0.3) is 0 Å². The minimum atomic E-state index is -0.0768. The zero-order chi connectivity index (χ0) is 13.1. The van der Waals surface area contributed by atoms with Gasteiger partial charge in [0.1, 0.15) is 5.75 Å². The number of carbonyl (C=O) groups excluding carboxylic acids is 1. The van der Waals surface area contributed by atoms with Gasteiger partial charge in [0, 0.05) is 18.0 Å². The number of thiazole rings is 1. The topological polar surface area (TPSA) is 42.4 Å². The predicted molar refractivity (Wildman–Crippen MR) is 72.6 cm³/mol. The molecule has 0 fully saturated rings. The van der Waals surface area contributed by atoms with E-state index in [-0.39, 0.29) is 5.91 Å². The Morgan fingerprint density at radius 2 is 2.00 bits per heavy atom. The molecule has 0 aliphatic carbocycles. The second kappa shape index (κ2) is 5.18. The maximum Gasteiger partial charge on any atom is 0.259 e. The lowest BCUT2D eigenvalue weighted by Gasteiger charge is -2.13. The Hall–Kier alpha value is -1.88. The number of methoxy groups -OCH3 is 1. The molecule has 0 radical (unpaired) electrons. The Morgan fingerprint density at radius 1 is 1.33 bits per heavy atom. The van der Waals surface area contributed by atoms with Gasteiger partial charge in [-0.15, -0.1) is 11.3 Å². The maximum atomic E-state index is 12.2. The fourth-order valence-electron chi connectivity index (χ4n) is 1.51. The quantitative estimate of drug-likeness (QED) is 0.854. The van der Waals surface area contributed by atoms with Crippen LogP contribution in [-0.2, 0) is 0 Å². The molecular formula is C13H14N2O2S. The molecule has 0 bridgehead atoms. The first-order chi connectivity index (χ1) is 8.61. The van der Waals surface area contributed by atoms with Crippen LogP contribution in [0.5, 0.6) is 5.75 Å². The zero-order valence-corrected chi connectivity index (χ0v) is 11.3. The predicted octanol–water partition coefficient (Wildman–Crippen LogP) is 2.74. The third kappa shape index (κ3) is 2.51. The van der Waals surface area contributed by atoms with Gasteiger partial charge in [0.25, 0.3) is 5.91 Å². The van der Waals surface area contributed by atoms with Crippen LogP contribution in [0.4, 0.5) is 5.13 Å². The van der Waals surface area contributed by atoms with Crippen molar-refractivity contribution in [2.75, 3.05) is 19.1 Å². The fraction of sp³-hybridized carbons (Fsp3) is 0.231. The molecule has 1 amide bonds. The summed E-state index contributed by atoms with van der Waals surface area (Å²) in [7, 11) is 3.33. The molecule has 1 aromatic heterocycles. The lowest BCUT2D eigenvalue weighted by Crippen LogP contribution is -2.26. The zero-order valence-electron chi connectivity index (χ0n) is 10.5. The second-order valence-electron chi connectivity index (χ2n) is 3.86. The Balaban J connectivity index is 2.19. The molecule has 2 aromatic rings. The third-order valence-electron chi connectivity index (χ3n) is 2.54. The van der Waals surface area contributed by atoms with E-state index in [0.29, 0.717) is 10.7 Å². The van der Waals surface area contributed by atoms with Gasteiger partial charge in [0.2, 0.25) is 0 Å². The number of nitrogens with zero attached hydrogens (tertiary/aromatic N) is 2. The summed E-state index contributed by atoms with van der Waals surface area (Å²) in [6.45, 7) is 1.91.